The van der Waals surface area contributed by atoms with Crippen LogP contribution in [0.3, 0.4) is 0 Å². The van der Waals surface area contributed by atoms with Gasteiger partial charge in [-0.2, -0.15) is 0 Å². The van der Waals surface area contributed by atoms with Crippen molar-refractivity contribution in [1.82, 2.24) is 10.2 Å². The van der Waals surface area contributed by atoms with Crippen LogP contribution >= 0.6 is 15.9 Å². The van der Waals surface area contributed by atoms with Crippen LogP contribution in [0.1, 0.15) is 19.4 Å². The zero-order valence-corrected chi connectivity index (χ0v) is 14.0. The molecular weight excluding hydrogens is 304 g/mol. The summed E-state index contributed by atoms with van der Waals surface area (Å²) in [4.78, 5) is 2.11. The monoisotopic (exact) mass is 328 g/mol. The fourth-order valence-electron chi connectivity index (χ4n) is 1.61. The van der Waals surface area contributed by atoms with Gasteiger partial charge in [-0.15, -0.1) is 0 Å². The van der Waals surface area contributed by atoms with Gasteiger partial charge in [0, 0.05) is 13.1 Å². The third-order valence-electron chi connectivity index (χ3n) is 2.67. The van der Waals surface area contributed by atoms with Crippen molar-refractivity contribution < 1.29 is 4.74 Å². The number of halogens is 1. The van der Waals surface area contributed by atoms with Crippen LogP contribution in [-0.4, -0.2) is 38.7 Å². The summed E-state index contributed by atoms with van der Waals surface area (Å²) in [5.41, 5.74) is 1.27. The van der Waals surface area contributed by atoms with Crippen LogP contribution in [-0.2, 0) is 6.54 Å². The maximum Gasteiger partial charge on any atom is 0.133 e. The molecule has 1 N–H and O–H groups in total. The molecule has 0 amide bonds. The smallest absolute Gasteiger partial charge is 0.133 e. The summed E-state index contributed by atoms with van der Waals surface area (Å²) in [6.07, 6.45) is 0. The summed E-state index contributed by atoms with van der Waals surface area (Å²) in [5.74, 6) is 1.59. The number of hydrogen-bond acceptors (Lipinski definition) is 3. The van der Waals surface area contributed by atoms with Crippen molar-refractivity contribution in [3.05, 3.63) is 28.2 Å². The van der Waals surface area contributed by atoms with Crippen LogP contribution in [0.4, 0.5) is 0 Å². The quantitative estimate of drug-likeness (QED) is 0.793. The lowest BCUT2D eigenvalue weighted by molar-refractivity contribution is 0.260. The molecule has 0 unspecified atom stereocenters. The van der Waals surface area contributed by atoms with E-state index in [0.29, 0.717) is 12.5 Å². The lowest BCUT2D eigenvalue weighted by atomic mass is 10.2. The van der Waals surface area contributed by atoms with E-state index in [0.717, 1.165) is 29.9 Å². The summed E-state index contributed by atoms with van der Waals surface area (Å²) < 4.78 is 6.76. The van der Waals surface area contributed by atoms with Crippen molar-refractivity contribution in [2.75, 3.05) is 33.8 Å². The Hall–Kier alpha value is -0.580. The van der Waals surface area contributed by atoms with Gasteiger partial charge in [0.1, 0.15) is 12.4 Å². The Labute approximate surface area is 125 Å². The van der Waals surface area contributed by atoms with Gasteiger partial charge in [-0.1, -0.05) is 19.9 Å². The zero-order chi connectivity index (χ0) is 14.3. The minimum absolute atomic E-state index is 0.678. The molecule has 1 aromatic carbocycles. The summed E-state index contributed by atoms with van der Waals surface area (Å²) in [6, 6.07) is 6.27. The number of hydrogen-bond donors (Lipinski definition) is 1. The largest absolute Gasteiger partial charge is 0.491 e. The average molecular weight is 329 g/mol. The molecule has 0 aliphatic carbocycles. The topological polar surface area (TPSA) is 24.5 Å². The first-order valence-corrected chi connectivity index (χ1v) is 7.55. The van der Waals surface area contributed by atoms with Gasteiger partial charge in [0.25, 0.3) is 0 Å². The molecule has 0 atom stereocenters. The van der Waals surface area contributed by atoms with Crippen LogP contribution in [0.15, 0.2) is 22.7 Å². The highest BCUT2D eigenvalue weighted by Gasteiger charge is 2.03. The van der Waals surface area contributed by atoms with E-state index in [9.17, 15) is 0 Å². The first-order chi connectivity index (χ1) is 8.99. The van der Waals surface area contributed by atoms with Gasteiger partial charge in [-0.05, 0) is 60.2 Å². The third-order valence-corrected chi connectivity index (χ3v) is 3.29. The van der Waals surface area contributed by atoms with Gasteiger partial charge in [0.15, 0.2) is 0 Å². The first-order valence-electron chi connectivity index (χ1n) is 6.75. The number of ether oxygens (including phenoxy) is 1. The predicted molar refractivity (Wildman–Crippen MR) is 84.7 cm³/mol. The maximum absolute atomic E-state index is 5.74. The fraction of sp³-hybridized carbons (Fsp3) is 0.600. The van der Waals surface area contributed by atoms with Gasteiger partial charge in [0.2, 0.25) is 0 Å². The van der Waals surface area contributed by atoms with Crippen LogP contribution in [0.5, 0.6) is 5.75 Å². The summed E-state index contributed by atoms with van der Waals surface area (Å²) in [6.45, 7) is 7.99. The molecule has 0 aliphatic rings. The van der Waals surface area contributed by atoms with Crippen molar-refractivity contribution in [3.8, 4) is 5.75 Å². The standard InChI is InChI=1S/C15H25BrN2O/c1-12(2)10-17-11-13-5-6-15(14(16)9-13)19-8-7-18(3)4/h5-6,9,12,17H,7-8,10-11H2,1-4H3. The van der Waals surface area contributed by atoms with E-state index < -0.39 is 0 Å². The van der Waals surface area contributed by atoms with Crippen LogP contribution in [0.25, 0.3) is 0 Å². The zero-order valence-electron chi connectivity index (χ0n) is 12.4. The Kier molecular flexibility index (Phi) is 7.42. The van der Waals surface area contributed by atoms with Gasteiger partial charge in [-0.3, -0.25) is 0 Å². The number of nitrogens with zero attached hydrogens (tertiary/aromatic N) is 1. The molecular formula is C15H25BrN2O. The number of likely N-dealkylation sites (N-methyl/N-ethyl adjacent to an activating group) is 1. The second kappa shape index (κ2) is 8.56. The Morgan fingerprint density at radius 2 is 2.05 bits per heavy atom. The third kappa shape index (κ3) is 6.95. The minimum Gasteiger partial charge on any atom is -0.491 e. The normalized spacial score (nSPS) is 11.3. The molecule has 0 saturated heterocycles. The van der Waals surface area contributed by atoms with Gasteiger partial charge >= 0.3 is 0 Å². The summed E-state index contributed by atoms with van der Waals surface area (Å²) >= 11 is 3.57. The molecule has 0 aromatic heterocycles. The van der Waals surface area contributed by atoms with Gasteiger partial charge in [-0.25, -0.2) is 0 Å². The van der Waals surface area contributed by atoms with Crippen LogP contribution in [0, 0.1) is 5.92 Å². The van der Waals surface area contributed by atoms with E-state index in [2.05, 4.69) is 52.1 Å². The van der Waals surface area contributed by atoms with Crippen molar-refractivity contribution >= 4 is 15.9 Å². The van der Waals surface area contributed by atoms with E-state index in [1.807, 2.05) is 20.2 Å². The highest BCUT2D eigenvalue weighted by atomic mass is 79.9. The molecule has 1 rings (SSSR count). The Bertz CT molecular complexity index is 380. The van der Waals surface area contributed by atoms with Crippen molar-refractivity contribution in [2.24, 2.45) is 5.92 Å². The van der Waals surface area contributed by atoms with Crippen molar-refractivity contribution in [2.45, 2.75) is 20.4 Å². The molecule has 0 radical (unpaired) electrons. The Morgan fingerprint density at radius 3 is 2.63 bits per heavy atom. The molecule has 0 heterocycles. The molecule has 0 fully saturated rings. The Balaban J connectivity index is 2.45. The highest BCUT2D eigenvalue weighted by molar-refractivity contribution is 9.10. The van der Waals surface area contributed by atoms with Crippen LogP contribution in [0.2, 0.25) is 0 Å². The first kappa shape index (κ1) is 16.5. The molecule has 0 spiro atoms. The predicted octanol–water partition coefficient (Wildman–Crippen LogP) is 3.14. The molecule has 0 aliphatic heterocycles. The average Bonchev–Trinajstić information content (AvgIpc) is 2.31. The van der Waals surface area contributed by atoms with E-state index >= 15 is 0 Å². The van der Waals surface area contributed by atoms with Crippen LogP contribution < -0.4 is 10.1 Å². The molecule has 108 valence electrons. The Morgan fingerprint density at radius 1 is 1.32 bits per heavy atom. The van der Waals surface area contributed by atoms with Gasteiger partial charge in [0.05, 0.1) is 4.47 Å². The summed E-state index contributed by atoms with van der Waals surface area (Å²) in [7, 11) is 4.09. The van der Waals surface area contributed by atoms with Crippen molar-refractivity contribution in [1.29, 1.82) is 0 Å². The highest BCUT2D eigenvalue weighted by Crippen LogP contribution is 2.26. The van der Waals surface area contributed by atoms with Crippen molar-refractivity contribution in [3.63, 3.8) is 0 Å². The number of benzene rings is 1. The lowest BCUT2D eigenvalue weighted by Gasteiger charge is -2.13. The maximum atomic E-state index is 5.74. The molecule has 3 nitrogen and oxygen atoms in total. The molecule has 1 aromatic rings. The number of rotatable bonds is 8. The molecule has 4 heteroatoms. The van der Waals surface area contributed by atoms with E-state index in [1.165, 1.54) is 5.56 Å². The second-order valence-electron chi connectivity index (χ2n) is 5.44. The lowest BCUT2D eigenvalue weighted by Crippen LogP contribution is -2.20. The number of nitrogens with one attached hydrogen (secondary N) is 1. The molecule has 19 heavy (non-hydrogen) atoms. The summed E-state index contributed by atoms with van der Waals surface area (Å²) in [5, 5.41) is 3.44. The fourth-order valence-corrected chi connectivity index (χ4v) is 2.16. The van der Waals surface area contributed by atoms with E-state index in [-0.39, 0.29) is 0 Å². The van der Waals surface area contributed by atoms with Gasteiger partial charge < -0.3 is 15.0 Å². The SMILES string of the molecule is CC(C)CNCc1ccc(OCCN(C)C)c(Br)c1. The van der Waals surface area contributed by atoms with E-state index in [1.54, 1.807) is 0 Å². The molecule has 0 saturated carbocycles. The van der Waals surface area contributed by atoms with E-state index in [4.69, 9.17) is 4.74 Å². The second-order valence-corrected chi connectivity index (χ2v) is 6.30. The molecule has 0 bridgehead atoms. The minimum atomic E-state index is 0.678.